The van der Waals surface area contributed by atoms with Crippen LogP contribution in [0.1, 0.15) is 35.6 Å². The summed E-state index contributed by atoms with van der Waals surface area (Å²) in [5, 5.41) is 8.75. The molecule has 7 heteroatoms. The minimum Gasteiger partial charge on any atom is -0.476 e. The summed E-state index contributed by atoms with van der Waals surface area (Å²) in [4.78, 5) is 14.5. The van der Waals surface area contributed by atoms with Crippen molar-refractivity contribution < 1.29 is 23.1 Å². The number of aromatic nitrogens is 2. The van der Waals surface area contributed by atoms with Gasteiger partial charge < -0.3 is 9.67 Å². The molecule has 0 spiro atoms. The maximum atomic E-state index is 12.6. The third kappa shape index (κ3) is 2.13. The Balaban J connectivity index is 2.33. The van der Waals surface area contributed by atoms with Gasteiger partial charge in [0.05, 0.1) is 5.92 Å². The Bertz CT molecular complexity index is 453. The van der Waals surface area contributed by atoms with Crippen LogP contribution < -0.4 is 0 Å². The predicted molar refractivity (Wildman–Crippen MR) is 51.8 cm³/mol. The van der Waals surface area contributed by atoms with Crippen LogP contribution in [0.25, 0.3) is 0 Å². The van der Waals surface area contributed by atoms with E-state index in [4.69, 9.17) is 5.11 Å². The number of rotatable bonds is 1. The van der Waals surface area contributed by atoms with Crippen molar-refractivity contribution in [3.05, 3.63) is 17.7 Å². The van der Waals surface area contributed by atoms with E-state index < -0.39 is 18.1 Å². The van der Waals surface area contributed by atoms with Gasteiger partial charge in [-0.25, -0.2) is 9.78 Å². The summed E-state index contributed by atoms with van der Waals surface area (Å²) in [5.41, 5.74) is -0.199. The van der Waals surface area contributed by atoms with E-state index in [-0.39, 0.29) is 24.6 Å². The van der Waals surface area contributed by atoms with Gasteiger partial charge >= 0.3 is 12.1 Å². The zero-order chi connectivity index (χ0) is 12.8. The normalized spacial score (nSPS) is 24.5. The fraction of sp³-hybridized carbons (Fsp3) is 0.600. The average molecular weight is 248 g/mol. The summed E-state index contributed by atoms with van der Waals surface area (Å²) in [6, 6.07) is 0. The average Bonchev–Trinajstić information content (AvgIpc) is 2.60. The Morgan fingerprint density at radius 3 is 2.76 bits per heavy atom. The molecule has 1 unspecified atom stereocenters. The van der Waals surface area contributed by atoms with Gasteiger partial charge in [0.25, 0.3) is 0 Å². The van der Waals surface area contributed by atoms with Crippen LogP contribution in [0.3, 0.4) is 0 Å². The SMILES string of the molecule is C[C@@H]1CC(C(F)(F)F)Cn2cc(C(=O)O)nc21. The lowest BCUT2D eigenvalue weighted by Crippen LogP contribution is -2.33. The summed E-state index contributed by atoms with van der Waals surface area (Å²) >= 11 is 0. The number of fused-ring (bicyclic) bond motifs is 1. The monoisotopic (exact) mass is 248 g/mol. The van der Waals surface area contributed by atoms with Gasteiger partial charge in [-0.15, -0.1) is 0 Å². The standard InChI is InChI=1S/C10H11F3N2O2/c1-5-2-6(10(11,12)13)3-15-4-7(9(16)17)14-8(5)15/h4-6H,2-3H2,1H3,(H,16,17)/t5-,6?/m1/s1. The molecule has 2 rings (SSSR count). The molecule has 0 aliphatic carbocycles. The molecule has 2 heterocycles. The van der Waals surface area contributed by atoms with Crippen LogP contribution >= 0.6 is 0 Å². The first-order valence-electron chi connectivity index (χ1n) is 5.16. The van der Waals surface area contributed by atoms with Crippen molar-refractivity contribution in [3.63, 3.8) is 0 Å². The maximum Gasteiger partial charge on any atom is 0.393 e. The minimum absolute atomic E-state index is 0.0421. The number of aromatic carboxylic acids is 1. The summed E-state index contributed by atoms with van der Waals surface area (Å²) in [6.45, 7) is 1.38. The van der Waals surface area contributed by atoms with Gasteiger partial charge in [-0.1, -0.05) is 6.92 Å². The smallest absolute Gasteiger partial charge is 0.393 e. The van der Waals surface area contributed by atoms with Gasteiger partial charge in [0.15, 0.2) is 5.69 Å². The molecule has 0 saturated carbocycles. The van der Waals surface area contributed by atoms with E-state index in [0.717, 1.165) is 0 Å². The molecule has 0 radical (unpaired) electrons. The number of nitrogens with zero attached hydrogens (tertiary/aromatic N) is 2. The van der Waals surface area contributed by atoms with Crippen molar-refractivity contribution >= 4 is 5.97 Å². The van der Waals surface area contributed by atoms with Crippen LogP contribution in [0.5, 0.6) is 0 Å². The van der Waals surface area contributed by atoms with Crippen LogP contribution in [-0.4, -0.2) is 26.8 Å². The number of imidazole rings is 1. The van der Waals surface area contributed by atoms with Crippen molar-refractivity contribution in [1.82, 2.24) is 9.55 Å². The second-order valence-electron chi connectivity index (χ2n) is 4.32. The number of carbonyl (C=O) groups is 1. The van der Waals surface area contributed by atoms with Crippen LogP contribution in [0.15, 0.2) is 6.20 Å². The molecule has 17 heavy (non-hydrogen) atoms. The van der Waals surface area contributed by atoms with E-state index in [2.05, 4.69) is 4.98 Å². The Labute approximate surface area is 95.1 Å². The Kier molecular flexibility index (Phi) is 2.63. The highest BCUT2D eigenvalue weighted by Gasteiger charge is 2.43. The van der Waals surface area contributed by atoms with Crippen molar-refractivity contribution in [2.45, 2.75) is 32.0 Å². The largest absolute Gasteiger partial charge is 0.476 e. The van der Waals surface area contributed by atoms with Crippen LogP contribution in [0.2, 0.25) is 0 Å². The molecule has 0 bridgehead atoms. The van der Waals surface area contributed by atoms with Crippen LogP contribution in [0.4, 0.5) is 13.2 Å². The molecule has 1 N–H and O–H groups in total. The van der Waals surface area contributed by atoms with Crippen molar-refractivity contribution in [1.29, 1.82) is 0 Å². The second-order valence-corrected chi connectivity index (χ2v) is 4.32. The third-order valence-electron chi connectivity index (χ3n) is 2.99. The number of carboxylic acid groups (broad SMARTS) is 1. The quantitative estimate of drug-likeness (QED) is 0.829. The van der Waals surface area contributed by atoms with E-state index in [0.29, 0.717) is 5.82 Å². The molecule has 4 nitrogen and oxygen atoms in total. The predicted octanol–water partition coefficient (Wildman–Crippen LogP) is 2.27. The van der Waals surface area contributed by atoms with Crippen molar-refractivity contribution in [2.75, 3.05) is 0 Å². The molecule has 1 aliphatic heterocycles. The molecule has 1 aromatic heterocycles. The molecule has 1 aromatic rings. The van der Waals surface area contributed by atoms with Crippen molar-refractivity contribution in [2.24, 2.45) is 5.92 Å². The molecule has 0 aromatic carbocycles. The zero-order valence-corrected chi connectivity index (χ0v) is 9.03. The highest BCUT2D eigenvalue weighted by Crippen LogP contribution is 2.39. The lowest BCUT2D eigenvalue weighted by molar-refractivity contribution is -0.183. The molecule has 1 aliphatic rings. The summed E-state index contributed by atoms with van der Waals surface area (Å²) < 4.78 is 39.2. The summed E-state index contributed by atoms with van der Waals surface area (Å²) in [6.07, 6.45) is -3.12. The fourth-order valence-corrected chi connectivity index (χ4v) is 2.15. The highest BCUT2D eigenvalue weighted by atomic mass is 19.4. The zero-order valence-electron chi connectivity index (χ0n) is 9.03. The Morgan fingerprint density at radius 2 is 2.24 bits per heavy atom. The first-order valence-corrected chi connectivity index (χ1v) is 5.16. The number of halogens is 3. The Hall–Kier alpha value is -1.53. The fourth-order valence-electron chi connectivity index (χ4n) is 2.15. The lowest BCUT2D eigenvalue weighted by atomic mass is 9.91. The number of carboxylic acids is 1. The van der Waals surface area contributed by atoms with E-state index in [1.165, 1.54) is 10.8 Å². The van der Waals surface area contributed by atoms with Gasteiger partial charge in [0, 0.05) is 18.7 Å². The van der Waals surface area contributed by atoms with E-state index in [1.807, 2.05) is 0 Å². The van der Waals surface area contributed by atoms with Gasteiger partial charge in [0.1, 0.15) is 5.82 Å². The molecule has 94 valence electrons. The summed E-state index contributed by atoms with van der Waals surface area (Å²) in [7, 11) is 0. The van der Waals surface area contributed by atoms with Gasteiger partial charge in [-0.3, -0.25) is 0 Å². The molecular formula is C10H11F3N2O2. The maximum absolute atomic E-state index is 12.6. The lowest BCUT2D eigenvalue weighted by Gasteiger charge is -2.29. The third-order valence-corrected chi connectivity index (χ3v) is 2.99. The molecule has 0 amide bonds. The number of alkyl halides is 3. The number of hydrogen-bond acceptors (Lipinski definition) is 2. The molecule has 0 fully saturated rings. The van der Waals surface area contributed by atoms with Gasteiger partial charge in [-0.2, -0.15) is 13.2 Å². The second kappa shape index (κ2) is 3.75. The molecule has 2 atom stereocenters. The van der Waals surface area contributed by atoms with Crippen LogP contribution in [-0.2, 0) is 6.54 Å². The van der Waals surface area contributed by atoms with Gasteiger partial charge in [0.2, 0.25) is 0 Å². The van der Waals surface area contributed by atoms with Crippen molar-refractivity contribution in [3.8, 4) is 0 Å². The first-order chi connectivity index (χ1) is 7.79. The van der Waals surface area contributed by atoms with E-state index in [1.54, 1.807) is 6.92 Å². The molecular weight excluding hydrogens is 237 g/mol. The topological polar surface area (TPSA) is 55.1 Å². The molecule has 0 saturated heterocycles. The highest BCUT2D eigenvalue weighted by molar-refractivity contribution is 5.85. The first kappa shape index (κ1) is 11.9. The van der Waals surface area contributed by atoms with Gasteiger partial charge in [-0.05, 0) is 6.42 Å². The van der Waals surface area contributed by atoms with E-state index in [9.17, 15) is 18.0 Å². The Morgan fingerprint density at radius 1 is 1.59 bits per heavy atom. The number of hydrogen-bond donors (Lipinski definition) is 1. The van der Waals surface area contributed by atoms with E-state index >= 15 is 0 Å². The summed E-state index contributed by atoms with van der Waals surface area (Å²) in [5.74, 6) is -2.62. The minimum atomic E-state index is -4.25. The van der Waals surface area contributed by atoms with Crippen LogP contribution in [0, 0.1) is 5.92 Å².